The Morgan fingerprint density at radius 2 is 1.15 bits per heavy atom. The van der Waals surface area contributed by atoms with Gasteiger partial charge in [-0.2, -0.15) is 0 Å². The molecule has 1 heterocycles. The van der Waals surface area contributed by atoms with Crippen LogP contribution in [0.2, 0.25) is 0 Å². The summed E-state index contributed by atoms with van der Waals surface area (Å²) in [6.07, 6.45) is 0.190. The van der Waals surface area contributed by atoms with Crippen molar-refractivity contribution >= 4 is 0 Å². The van der Waals surface area contributed by atoms with Crippen LogP contribution in [0.5, 0.6) is 11.5 Å². The van der Waals surface area contributed by atoms with Crippen molar-refractivity contribution in [2.45, 2.75) is 58.5 Å². The van der Waals surface area contributed by atoms with Gasteiger partial charge in [0, 0.05) is 0 Å². The molecule has 0 radical (unpaired) electrons. The fourth-order valence-corrected chi connectivity index (χ4v) is 2.36. The van der Waals surface area contributed by atoms with E-state index < -0.39 is 0 Å². The first-order valence-electron chi connectivity index (χ1n) is 9.21. The number of ether oxygens (including phenoxy) is 2. The van der Waals surface area contributed by atoms with E-state index in [1.807, 2.05) is 24.3 Å². The van der Waals surface area contributed by atoms with Crippen molar-refractivity contribution in [3.8, 4) is 11.5 Å². The molecule has 1 atom stereocenters. The smallest absolute Gasteiger partial charge is 0.127 e. The lowest BCUT2D eigenvalue weighted by atomic mass is 9.87. The molecule has 0 bridgehead atoms. The van der Waals surface area contributed by atoms with Crippen molar-refractivity contribution in [1.82, 2.24) is 0 Å². The maximum atomic E-state index is 8.08. The van der Waals surface area contributed by atoms with E-state index in [0.717, 1.165) is 18.1 Å². The number of hydrogen-bond donors (Lipinski definition) is 1. The van der Waals surface area contributed by atoms with E-state index in [2.05, 4.69) is 70.5 Å². The second-order valence-electron chi connectivity index (χ2n) is 8.79. The molecule has 1 N–H and O–H groups in total. The lowest BCUT2D eigenvalue weighted by Crippen LogP contribution is -2.10. The summed E-state index contributed by atoms with van der Waals surface area (Å²) in [5.41, 5.74) is 2.98. The highest BCUT2D eigenvalue weighted by Gasteiger charge is 2.19. The van der Waals surface area contributed by atoms with Crippen LogP contribution in [-0.4, -0.2) is 24.4 Å². The van der Waals surface area contributed by atoms with E-state index in [9.17, 15) is 0 Å². The average molecular weight is 357 g/mol. The van der Waals surface area contributed by atoms with E-state index in [0.29, 0.717) is 0 Å². The van der Waals surface area contributed by atoms with Gasteiger partial charge in [-0.15, -0.1) is 0 Å². The quantitative estimate of drug-likeness (QED) is 0.743. The average Bonchev–Trinajstić information content (AvgIpc) is 3.39. The van der Waals surface area contributed by atoms with E-state index in [1.165, 1.54) is 11.1 Å². The maximum Gasteiger partial charge on any atom is 0.127 e. The zero-order valence-corrected chi connectivity index (χ0v) is 16.9. The van der Waals surface area contributed by atoms with Crippen LogP contribution in [0.3, 0.4) is 0 Å². The third-order valence-corrected chi connectivity index (χ3v) is 4.28. The summed E-state index contributed by atoms with van der Waals surface area (Å²) in [6, 6.07) is 16.7. The molecule has 3 nitrogen and oxygen atoms in total. The molecule has 142 valence electrons. The summed E-state index contributed by atoms with van der Waals surface area (Å²) >= 11 is 0. The van der Waals surface area contributed by atoms with E-state index in [-0.39, 0.29) is 23.5 Å². The van der Waals surface area contributed by atoms with Crippen LogP contribution in [0.1, 0.15) is 52.7 Å². The van der Waals surface area contributed by atoms with Gasteiger partial charge < -0.3 is 14.6 Å². The number of aliphatic hydroxyl groups is 1. The summed E-state index contributed by atoms with van der Waals surface area (Å²) in [4.78, 5) is 0. The van der Waals surface area contributed by atoms with E-state index in [1.54, 1.807) is 0 Å². The summed E-state index contributed by atoms with van der Waals surface area (Å²) in [5, 5.41) is 8.08. The number of benzene rings is 2. The number of epoxide rings is 1. The predicted octanol–water partition coefficient (Wildman–Crippen LogP) is 5.45. The first-order valence-corrected chi connectivity index (χ1v) is 9.21. The summed E-state index contributed by atoms with van der Waals surface area (Å²) < 4.78 is 10.5. The molecule has 2 aromatic rings. The minimum atomic E-state index is 0.173. The van der Waals surface area contributed by atoms with Crippen molar-refractivity contribution in [3.05, 3.63) is 59.7 Å². The molecular weight excluding hydrogens is 324 g/mol. The topological polar surface area (TPSA) is 42.0 Å². The van der Waals surface area contributed by atoms with Crippen LogP contribution in [0.25, 0.3) is 0 Å². The van der Waals surface area contributed by atoms with Gasteiger partial charge >= 0.3 is 0 Å². The highest BCUT2D eigenvalue weighted by Crippen LogP contribution is 2.29. The fourth-order valence-electron chi connectivity index (χ4n) is 2.36. The van der Waals surface area contributed by atoms with Crippen LogP contribution in [-0.2, 0) is 15.6 Å². The third kappa shape index (κ3) is 6.47. The van der Waals surface area contributed by atoms with Gasteiger partial charge in [-0.3, -0.25) is 0 Å². The molecule has 1 saturated heterocycles. The molecule has 0 amide bonds. The first kappa shape index (κ1) is 20.5. The zero-order valence-electron chi connectivity index (χ0n) is 16.9. The molecule has 0 saturated carbocycles. The molecule has 2 aromatic carbocycles. The monoisotopic (exact) mass is 356 g/mol. The Balaban J connectivity index is 0.000000417. The summed E-state index contributed by atoms with van der Waals surface area (Å²) in [7, 11) is 0. The van der Waals surface area contributed by atoms with Crippen molar-refractivity contribution in [2.24, 2.45) is 0 Å². The first-order chi connectivity index (χ1) is 12.1. The Hall–Kier alpha value is -1.84. The van der Waals surface area contributed by atoms with Crippen molar-refractivity contribution < 1.29 is 14.6 Å². The molecular formula is C23H32O3. The number of aliphatic hydroxyl groups excluding tert-OH is 1. The Morgan fingerprint density at radius 3 is 1.35 bits per heavy atom. The van der Waals surface area contributed by atoms with Gasteiger partial charge in [0.25, 0.3) is 0 Å². The molecule has 3 rings (SSSR count). The fraction of sp³-hybridized carbons (Fsp3) is 0.478. The molecule has 0 aliphatic carbocycles. The van der Waals surface area contributed by atoms with Crippen LogP contribution in [0.4, 0.5) is 0 Å². The van der Waals surface area contributed by atoms with Crippen molar-refractivity contribution in [3.63, 3.8) is 0 Å². The van der Waals surface area contributed by atoms with Gasteiger partial charge in [0.2, 0.25) is 0 Å². The molecule has 0 aromatic heterocycles. The second kappa shape index (κ2) is 8.24. The minimum Gasteiger partial charge on any atom is -0.457 e. The molecule has 3 heteroatoms. The van der Waals surface area contributed by atoms with E-state index >= 15 is 0 Å². The lowest BCUT2D eigenvalue weighted by Gasteiger charge is -2.20. The molecule has 26 heavy (non-hydrogen) atoms. The SMILES string of the molecule is CC(C)(C)c1ccc(Oc2ccc(C(C)(C)C)cc2)cc1.OCC1CO1. The summed E-state index contributed by atoms with van der Waals surface area (Å²) in [5.74, 6) is 1.76. The van der Waals surface area contributed by atoms with Gasteiger partial charge in [0.15, 0.2) is 0 Å². The van der Waals surface area contributed by atoms with Gasteiger partial charge in [-0.25, -0.2) is 0 Å². The lowest BCUT2D eigenvalue weighted by molar-refractivity contribution is 0.244. The minimum absolute atomic E-state index is 0.173. The van der Waals surface area contributed by atoms with Gasteiger partial charge in [-0.1, -0.05) is 65.8 Å². The Labute approximate surface area is 158 Å². The van der Waals surface area contributed by atoms with Gasteiger partial charge in [0.05, 0.1) is 13.2 Å². The highest BCUT2D eigenvalue weighted by atomic mass is 16.6. The number of hydrogen-bond acceptors (Lipinski definition) is 3. The van der Waals surface area contributed by atoms with Crippen LogP contribution in [0, 0.1) is 0 Å². The Bertz CT molecular complexity index is 614. The van der Waals surface area contributed by atoms with E-state index in [4.69, 9.17) is 9.84 Å². The predicted molar refractivity (Wildman–Crippen MR) is 107 cm³/mol. The van der Waals surface area contributed by atoms with Gasteiger partial charge in [0.1, 0.15) is 17.6 Å². The number of rotatable bonds is 3. The summed E-state index contributed by atoms with van der Waals surface area (Å²) in [6.45, 7) is 14.3. The Kier molecular flexibility index (Phi) is 6.48. The molecule has 1 unspecified atom stereocenters. The largest absolute Gasteiger partial charge is 0.457 e. The molecule has 0 spiro atoms. The Morgan fingerprint density at radius 1 is 0.808 bits per heavy atom. The zero-order chi connectivity index (χ0) is 19.4. The maximum absolute atomic E-state index is 8.08. The van der Waals surface area contributed by atoms with Gasteiger partial charge in [-0.05, 0) is 46.2 Å². The normalized spacial score (nSPS) is 16.5. The van der Waals surface area contributed by atoms with Crippen LogP contribution in [0.15, 0.2) is 48.5 Å². The molecule has 1 fully saturated rings. The second-order valence-corrected chi connectivity index (χ2v) is 8.79. The highest BCUT2D eigenvalue weighted by molar-refractivity contribution is 5.37. The van der Waals surface area contributed by atoms with Crippen molar-refractivity contribution in [2.75, 3.05) is 13.2 Å². The molecule has 1 aliphatic rings. The standard InChI is InChI=1S/C20H26O.C3H6O2/c1-19(2,3)15-7-11-17(12-8-15)21-18-13-9-16(10-14-18)20(4,5)6;4-1-3-2-5-3/h7-14H,1-6H3;3-4H,1-2H2. The third-order valence-electron chi connectivity index (χ3n) is 4.28. The van der Waals surface area contributed by atoms with Crippen LogP contribution >= 0.6 is 0 Å². The molecule has 1 aliphatic heterocycles. The van der Waals surface area contributed by atoms with Crippen LogP contribution < -0.4 is 4.74 Å². The van der Waals surface area contributed by atoms with Crippen molar-refractivity contribution in [1.29, 1.82) is 0 Å².